The van der Waals surface area contributed by atoms with Gasteiger partial charge in [-0.3, -0.25) is 4.79 Å². The normalized spacial score (nSPS) is 11.3. The third kappa shape index (κ3) is 6.65. The van der Waals surface area contributed by atoms with Gasteiger partial charge in [0.1, 0.15) is 18.1 Å². The summed E-state index contributed by atoms with van der Waals surface area (Å²) in [4.78, 5) is 21.1. The van der Waals surface area contributed by atoms with Crippen molar-refractivity contribution in [3.63, 3.8) is 0 Å². The van der Waals surface area contributed by atoms with Gasteiger partial charge in [-0.25, -0.2) is 23.1 Å². The summed E-state index contributed by atoms with van der Waals surface area (Å²) < 4.78 is 46.7. The van der Waals surface area contributed by atoms with Crippen LogP contribution in [0.5, 0.6) is 5.88 Å². The lowest BCUT2D eigenvalue weighted by molar-refractivity contribution is -0.115. The zero-order valence-electron chi connectivity index (χ0n) is 19.8. The van der Waals surface area contributed by atoms with E-state index < -0.39 is 11.7 Å². The second-order valence-corrected chi connectivity index (χ2v) is 8.70. The second-order valence-electron chi connectivity index (χ2n) is 8.29. The lowest BCUT2D eigenvalue weighted by atomic mass is 10.0. The minimum atomic E-state index is -2.88. The molecule has 3 aromatic carbocycles. The van der Waals surface area contributed by atoms with Gasteiger partial charge >= 0.3 is 0 Å². The topological polar surface area (TPSA) is 64.1 Å². The standard InChI is InChI=1S/C28H23ClF3N3O2/c1-2-28(31,32)21-8-3-18(4-9-21)15-25(36)35-23-11-6-19(7-12-23)26-27(34-14-13-33-26)37-17-20-5-10-22(30)16-24(20)29/h3-14,16H,2,15,17H2,1H3,(H,35,36). The number of nitrogens with one attached hydrogen (secondary N) is 1. The molecule has 9 heteroatoms. The number of hydrogen-bond donors (Lipinski definition) is 1. The second kappa shape index (κ2) is 11.4. The molecule has 1 aromatic heterocycles. The number of carbonyl (C=O) groups is 1. The van der Waals surface area contributed by atoms with E-state index in [0.717, 1.165) is 0 Å². The fourth-order valence-corrected chi connectivity index (χ4v) is 3.81. The fourth-order valence-electron chi connectivity index (χ4n) is 3.59. The van der Waals surface area contributed by atoms with E-state index in [0.29, 0.717) is 28.1 Å². The quantitative estimate of drug-likeness (QED) is 0.251. The highest BCUT2D eigenvalue weighted by Crippen LogP contribution is 2.31. The van der Waals surface area contributed by atoms with Crippen molar-refractivity contribution < 1.29 is 22.7 Å². The van der Waals surface area contributed by atoms with Crippen LogP contribution in [-0.2, 0) is 23.7 Å². The number of alkyl halides is 2. The predicted molar refractivity (Wildman–Crippen MR) is 136 cm³/mol. The van der Waals surface area contributed by atoms with Crippen LogP contribution in [-0.4, -0.2) is 15.9 Å². The van der Waals surface area contributed by atoms with Gasteiger partial charge in [0.05, 0.1) is 11.4 Å². The summed E-state index contributed by atoms with van der Waals surface area (Å²) in [6.07, 6.45) is 2.79. The maximum atomic E-state index is 13.8. The summed E-state index contributed by atoms with van der Waals surface area (Å²) in [7, 11) is 0. The van der Waals surface area contributed by atoms with Crippen LogP contribution in [0.1, 0.15) is 30.0 Å². The van der Waals surface area contributed by atoms with Crippen LogP contribution in [0.15, 0.2) is 79.1 Å². The highest BCUT2D eigenvalue weighted by atomic mass is 35.5. The molecular formula is C28H23ClF3N3O2. The lowest BCUT2D eigenvalue weighted by Gasteiger charge is -2.14. The maximum Gasteiger partial charge on any atom is 0.273 e. The molecule has 0 aliphatic heterocycles. The minimum absolute atomic E-state index is 0.0494. The molecule has 0 atom stereocenters. The van der Waals surface area contributed by atoms with Gasteiger partial charge < -0.3 is 10.1 Å². The van der Waals surface area contributed by atoms with Crippen molar-refractivity contribution in [2.45, 2.75) is 32.3 Å². The van der Waals surface area contributed by atoms with Crippen LogP contribution < -0.4 is 10.1 Å². The highest BCUT2D eigenvalue weighted by molar-refractivity contribution is 6.31. The number of nitrogens with zero attached hydrogens (tertiary/aromatic N) is 2. The SMILES string of the molecule is CCC(F)(F)c1ccc(CC(=O)Nc2ccc(-c3nccnc3OCc3ccc(F)cc3Cl)cc2)cc1. The Morgan fingerprint density at radius 2 is 1.70 bits per heavy atom. The maximum absolute atomic E-state index is 13.8. The monoisotopic (exact) mass is 525 g/mol. The molecule has 0 bridgehead atoms. The van der Waals surface area contributed by atoms with Crippen molar-refractivity contribution in [2.24, 2.45) is 0 Å². The number of ether oxygens (including phenoxy) is 1. The van der Waals surface area contributed by atoms with Crippen LogP contribution in [0.25, 0.3) is 11.3 Å². The van der Waals surface area contributed by atoms with Gasteiger partial charge in [0.2, 0.25) is 11.8 Å². The summed E-state index contributed by atoms with van der Waals surface area (Å²) in [5.74, 6) is -3.32. The van der Waals surface area contributed by atoms with Gasteiger partial charge in [0, 0.05) is 41.2 Å². The van der Waals surface area contributed by atoms with E-state index in [-0.39, 0.29) is 41.8 Å². The molecule has 0 spiro atoms. The van der Waals surface area contributed by atoms with Gasteiger partial charge in [-0.05, 0) is 29.8 Å². The predicted octanol–water partition coefficient (Wildman–Crippen LogP) is 7.20. The highest BCUT2D eigenvalue weighted by Gasteiger charge is 2.28. The molecule has 0 fully saturated rings. The number of amides is 1. The van der Waals surface area contributed by atoms with Crippen molar-refractivity contribution in [3.8, 4) is 17.1 Å². The van der Waals surface area contributed by atoms with Crippen molar-refractivity contribution in [2.75, 3.05) is 5.32 Å². The van der Waals surface area contributed by atoms with Crippen molar-refractivity contribution in [1.29, 1.82) is 0 Å². The van der Waals surface area contributed by atoms with E-state index in [2.05, 4.69) is 15.3 Å². The number of hydrogen-bond acceptors (Lipinski definition) is 4. The van der Waals surface area contributed by atoms with E-state index in [9.17, 15) is 18.0 Å². The van der Waals surface area contributed by atoms with Crippen LogP contribution in [0.3, 0.4) is 0 Å². The summed E-state index contributed by atoms with van der Waals surface area (Å²) in [6.45, 7) is 1.50. The van der Waals surface area contributed by atoms with E-state index >= 15 is 0 Å². The molecule has 37 heavy (non-hydrogen) atoms. The van der Waals surface area contributed by atoms with Crippen molar-refractivity contribution in [1.82, 2.24) is 9.97 Å². The smallest absolute Gasteiger partial charge is 0.273 e. The van der Waals surface area contributed by atoms with Gasteiger partial charge in [0.15, 0.2) is 0 Å². The molecule has 190 valence electrons. The average Bonchev–Trinajstić information content (AvgIpc) is 2.89. The molecule has 1 heterocycles. The first-order valence-corrected chi connectivity index (χ1v) is 11.9. The molecule has 1 amide bonds. The number of carbonyl (C=O) groups excluding carboxylic acids is 1. The molecule has 4 rings (SSSR count). The number of halogens is 4. The first-order chi connectivity index (χ1) is 17.7. The van der Waals surface area contributed by atoms with E-state index in [1.54, 1.807) is 30.3 Å². The van der Waals surface area contributed by atoms with Crippen LogP contribution in [0.2, 0.25) is 5.02 Å². The Kier molecular flexibility index (Phi) is 8.08. The largest absolute Gasteiger partial charge is 0.471 e. The fraction of sp³-hybridized carbons (Fsp3) is 0.179. The van der Waals surface area contributed by atoms with Crippen molar-refractivity contribution >= 4 is 23.2 Å². The molecule has 0 radical (unpaired) electrons. The lowest BCUT2D eigenvalue weighted by Crippen LogP contribution is -2.15. The Balaban J connectivity index is 1.39. The number of anilines is 1. The first kappa shape index (κ1) is 26.2. The third-order valence-corrected chi connectivity index (χ3v) is 6.02. The Labute approximate surface area is 217 Å². The van der Waals surface area contributed by atoms with Crippen LogP contribution in [0.4, 0.5) is 18.9 Å². The summed E-state index contributed by atoms with van der Waals surface area (Å²) in [6, 6.07) is 16.8. The van der Waals surface area contributed by atoms with Crippen molar-refractivity contribution in [3.05, 3.63) is 107 Å². The zero-order chi connectivity index (χ0) is 26.4. The number of rotatable bonds is 9. The molecule has 0 saturated carbocycles. The Hall–Kier alpha value is -3.91. The van der Waals surface area contributed by atoms with E-state index in [1.165, 1.54) is 55.7 Å². The molecule has 1 N–H and O–H groups in total. The molecule has 0 aliphatic rings. The Bertz CT molecular complexity index is 1380. The first-order valence-electron chi connectivity index (χ1n) is 11.5. The number of aromatic nitrogens is 2. The van der Waals surface area contributed by atoms with Gasteiger partial charge in [-0.2, -0.15) is 0 Å². The number of benzene rings is 3. The molecular weight excluding hydrogens is 503 g/mol. The molecule has 5 nitrogen and oxygen atoms in total. The summed E-state index contributed by atoms with van der Waals surface area (Å²) in [5.41, 5.74) is 2.93. The molecule has 0 saturated heterocycles. The van der Waals surface area contributed by atoms with Gasteiger partial charge in [-0.15, -0.1) is 0 Å². The third-order valence-electron chi connectivity index (χ3n) is 5.67. The van der Waals surface area contributed by atoms with Gasteiger partial charge in [-0.1, -0.05) is 61.0 Å². The van der Waals surface area contributed by atoms with Gasteiger partial charge in [0.25, 0.3) is 5.92 Å². The Morgan fingerprint density at radius 1 is 1.00 bits per heavy atom. The van der Waals surface area contributed by atoms with Crippen LogP contribution in [0, 0.1) is 5.82 Å². The zero-order valence-corrected chi connectivity index (χ0v) is 20.6. The summed E-state index contributed by atoms with van der Waals surface area (Å²) >= 11 is 6.07. The van der Waals surface area contributed by atoms with E-state index in [4.69, 9.17) is 16.3 Å². The van der Waals surface area contributed by atoms with Crippen LogP contribution >= 0.6 is 11.6 Å². The average molecular weight is 526 g/mol. The molecule has 4 aromatic rings. The summed E-state index contributed by atoms with van der Waals surface area (Å²) in [5, 5.41) is 3.05. The Morgan fingerprint density at radius 3 is 2.38 bits per heavy atom. The minimum Gasteiger partial charge on any atom is -0.471 e. The molecule has 0 unspecified atom stereocenters. The van der Waals surface area contributed by atoms with E-state index in [1.807, 2.05) is 0 Å². The molecule has 0 aliphatic carbocycles.